The summed E-state index contributed by atoms with van der Waals surface area (Å²) in [6.45, 7) is 3.32. The highest BCUT2D eigenvalue weighted by atomic mass is 35.5. The molecule has 5 amide bonds. The molecule has 20 heteroatoms. The first-order valence-electron chi connectivity index (χ1n) is 22.2. The summed E-state index contributed by atoms with van der Waals surface area (Å²) < 4.78 is 8.20. The largest absolute Gasteiger partial charge is 0.496 e. The van der Waals surface area contributed by atoms with Gasteiger partial charge in [0.15, 0.2) is 11.6 Å². The summed E-state index contributed by atoms with van der Waals surface area (Å²) >= 11 is 7.71. The van der Waals surface area contributed by atoms with Crippen molar-refractivity contribution in [1.82, 2.24) is 35.2 Å². The van der Waals surface area contributed by atoms with E-state index in [2.05, 4.69) is 25.9 Å². The van der Waals surface area contributed by atoms with Crippen molar-refractivity contribution in [2.24, 2.45) is 0 Å². The Hall–Kier alpha value is -6.24. The van der Waals surface area contributed by atoms with Gasteiger partial charge < -0.3 is 24.8 Å². The second-order valence-corrected chi connectivity index (χ2v) is 18.5. The minimum atomic E-state index is -0.722. The van der Waals surface area contributed by atoms with Crippen LogP contribution in [-0.4, -0.2) is 91.4 Å². The number of Topliss-reactive ketones (excluding diaryl/α,β-unsaturated/α-hetero) is 1. The van der Waals surface area contributed by atoms with Crippen molar-refractivity contribution in [1.29, 1.82) is 0 Å². The number of thiophene rings is 1. The van der Waals surface area contributed by atoms with Crippen molar-refractivity contribution < 1.29 is 33.5 Å². The number of carbonyl (C=O) groups excluding carboxylic acids is 6. The number of halogens is 2. The lowest BCUT2D eigenvalue weighted by Gasteiger charge is -2.40. The van der Waals surface area contributed by atoms with E-state index in [9.17, 15) is 28.8 Å². The number of ether oxygens (including phenoxy) is 1. The van der Waals surface area contributed by atoms with Crippen LogP contribution >= 0.6 is 35.3 Å². The number of unbranched alkanes of at least 4 members (excludes halogenated alkanes) is 3. The quantitative estimate of drug-likeness (QED) is 0.0503. The van der Waals surface area contributed by atoms with E-state index in [0.29, 0.717) is 95.0 Å². The highest BCUT2D eigenvalue weighted by Crippen LogP contribution is 2.37. The number of aromatic nitrogens is 5. The molecule has 3 aliphatic heterocycles. The van der Waals surface area contributed by atoms with Crippen molar-refractivity contribution >= 4 is 87.9 Å². The summed E-state index contributed by atoms with van der Waals surface area (Å²) in [6, 6.07) is 13.3. The molecular weight excluding hydrogens is 920 g/mol. The monoisotopic (exact) mass is 970 g/mol. The molecule has 0 bridgehead atoms. The fourth-order valence-electron chi connectivity index (χ4n) is 8.75. The molecule has 2 atom stereocenters. The molecule has 0 spiro atoms. The Labute approximate surface area is 403 Å². The molecule has 0 aliphatic carbocycles. The Kier molecular flexibility index (Phi) is 15.7. The summed E-state index contributed by atoms with van der Waals surface area (Å²) in [6.07, 6.45) is 9.20. The number of hydrogen-bond donors (Lipinski definition) is 2. The zero-order valence-corrected chi connectivity index (χ0v) is 39.8. The van der Waals surface area contributed by atoms with Gasteiger partial charge in [0.05, 0.1) is 29.9 Å². The fraction of sp³-hybridized carbons (Fsp3) is 0.404. The molecule has 3 aliphatic rings. The first kappa shape index (κ1) is 48.7. The smallest absolute Gasteiger partial charge is 0.255 e. The number of imide groups is 1. The normalized spacial score (nSPS) is 16.7. The lowest BCUT2D eigenvalue weighted by molar-refractivity contribution is -0.137. The van der Waals surface area contributed by atoms with Gasteiger partial charge in [0, 0.05) is 91.3 Å². The summed E-state index contributed by atoms with van der Waals surface area (Å²) in [5, 5.41) is 13.8. The Morgan fingerprint density at radius 3 is 2.61 bits per heavy atom. The molecule has 1 saturated heterocycles. The molecule has 1 fully saturated rings. The number of anilines is 3. The molecular formula is C47H52Cl2N10O7S. The number of carbonyl (C=O) groups is 6. The van der Waals surface area contributed by atoms with E-state index in [4.69, 9.17) is 21.3 Å². The van der Waals surface area contributed by atoms with E-state index in [1.807, 2.05) is 36.2 Å². The Balaban J connectivity index is 0.00000666. The van der Waals surface area contributed by atoms with Gasteiger partial charge in [0.25, 0.3) is 5.91 Å². The van der Waals surface area contributed by atoms with Gasteiger partial charge in [-0.05, 0) is 56.0 Å². The molecule has 67 heavy (non-hydrogen) atoms. The van der Waals surface area contributed by atoms with E-state index in [1.165, 1.54) is 16.2 Å². The van der Waals surface area contributed by atoms with Gasteiger partial charge in [-0.3, -0.25) is 38.8 Å². The SMILES string of the molecule is CC[C@@H]1C(=O)N(C)c2cnc(Cc3ccc(C(=O)CCc4cn(CCCCCCC(=O)Nc5cccc6c5CN(C5CCC(=O)NC5=O)C6=O)nn4)cc3OC)nc2N1Cc1ccc(Cl)s1.Cl. The zero-order valence-electron chi connectivity index (χ0n) is 37.5. The van der Waals surface area contributed by atoms with E-state index < -0.39 is 11.9 Å². The standard InChI is InChI=1S/C47H51ClN10O7S.ClH/c1-4-35-47(64)55(2)37-24-49-41(51-44(37)57(35)26-31-16-19-40(48)66-31)23-29-14-13-28(22-39(29)65-3)38(59)18-15-30-25-56(54-53-30)21-8-6-5-7-12-42(60)50-34-11-9-10-32-33(34)27-58(46(32)63)36-17-20-43(61)52-45(36)62;/h9-11,13-14,16,19,22,24-25,35-36H,4-8,12,15,17-18,20-21,23,26-27H2,1-3H3,(H,50,60)(H,52,61,62);1H/t35-,36?;/m1./s1. The maximum absolute atomic E-state index is 13.4. The first-order chi connectivity index (χ1) is 31.9. The van der Waals surface area contributed by atoms with Crippen LogP contribution in [0.15, 0.2) is 60.9 Å². The predicted molar refractivity (Wildman–Crippen MR) is 255 cm³/mol. The maximum Gasteiger partial charge on any atom is 0.255 e. The average Bonchev–Trinajstić information content (AvgIpc) is 4.04. The molecule has 352 valence electrons. The third-order valence-electron chi connectivity index (χ3n) is 12.3. The molecule has 8 rings (SSSR count). The first-order valence-corrected chi connectivity index (χ1v) is 23.4. The second kappa shape index (κ2) is 21.6. The summed E-state index contributed by atoms with van der Waals surface area (Å²) in [7, 11) is 3.32. The molecule has 0 radical (unpaired) electrons. The number of hydrogen-bond acceptors (Lipinski definition) is 13. The number of fused-ring (bicyclic) bond motifs is 2. The molecule has 2 aromatic carbocycles. The van der Waals surface area contributed by atoms with E-state index in [1.54, 1.807) is 60.3 Å². The van der Waals surface area contributed by atoms with Crippen molar-refractivity contribution in [3.05, 3.63) is 104 Å². The third-order valence-corrected chi connectivity index (χ3v) is 13.5. The van der Waals surface area contributed by atoms with Crippen LogP contribution in [0.3, 0.4) is 0 Å². The molecule has 5 aromatic rings. The van der Waals surface area contributed by atoms with Gasteiger partial charge in [-0.25, -0.2) is 9.97 Å². The van der Waals surface area contributed by atoms with Gasteiger partial charge in [-0.2, -0.15) is 0 Å². The van der Waals surface area contributed by atoms with Crippen LogP contribution in [0.4, 0.5) is 17.2 Å². The van der Waals surface area contributed by atoms with Gasteiger partial charge >= 0.3 is 0 Å². The van der Waals surface area contributed by atoms with E-state index in [-0.39, 0.29) is 73.7 Å². The minimum Gasteiger partial charge on any atom is -0.496 e. The van der Waals surface area contributed by atoms with Gasteiger partial charge in [0.1, 0.15) is 29.3 Å². The van der Waals surface area contributed by atoms with E-state index >= 15 is 0 Å². The Bertz CT molecular complexity index is 2690. The molecule has 3 aromatic heterocycles. The summed E-state index contributed by atoms with van der Waals surface area (Å²) in [5.74, 6) is 0.465. The number of rotatable bonds is 19. The lowest BCUT2D eigenvalue weighted by Crippen LogP contribution is -2.52. The van der Waals surface area contributed by atoms with Crippen molar-refractivity contribution in [2.75, 3.05) is 29.3 Å². The number of nitrogens with one attached hydrogen (secondary N) is 2. The predicted octanol–water partition coefficient (Wildman–Crippen LogP) is 6.73. The Morgan fingerprint density at radius 1 is 1.03 bits per heavy atom. The van der Waals surface area contributed by atoms with Crippen molar-refractivity contribution in [3.63, 3.8) is 0 Å². The van der Waals surface area contributed by atoms with Crippen LogP contribution < -0.4 is 25.2 Å². The van der Waals surface area contributed by atoms with Crippen LogP contribution in [0.1, 0.15) is 113 Å². The van der Waals surface area contributed by atoms with Crippen LogP contribution in [0.2, 0.25) is 4.34 Å². The van der Waals surface area contributed by atoms with E-state index in [0.717, 1.165) is 35.4 Å². The number of methoxy groups -OCH3 is 1. The summed E-state index contributed by atoms with van der Waals surface area (Å²) in [5.41, 5.74) is 4.37. The number of nitrogens with zero attached hydrogens (tertiary/aromatic N) is 8. The molecule has 6 heterocycles. The fourth-order valence-corrected chi connectivity index (χ4v) is 9.84. The topological polar surface area (TPSA) is 202 Å². The number of benzene rings is 2. The minimum absolute atomic E-state index is 0. The molecule has 2 N–H and O–H groups in total. The van der Waals surface area contributed by atoms with Crippen molar-refractivity contribution in [3.8, 4) is 5.75 Å². The van der Waals surface area contributed by atoms with Gasteiger partial charge in [-0.1, -0.05) is 54.8 Å². The van der Waals surface area contributed by atoms with Gasteiger partial charge in [-0.15, -0.1) is 28.8 Å². The number of aryl methyl sites for hydroxylation is 2. The average molecular weight is 972 g/mol. The molecule has 1 unspecified atom stereocenters. The van der Waals surface area contributed by atoms with Crippen molar-refractivity contribution in [2.45, 2.75) is 109 Å². The molecule has 17 nitrogen and oxygen atoms in total. The zero-order chi connectivity index (χ0) is 46.5. The number of likely N-dealkylation sites (N-methyl/N-ethyl adjacent to an activating group) is 1. The number of piperidine rings is 1. The van der Waals surface area contributed by atoms with Crippen LogP contribution in [0.25, 0.3) is 0 Å². The van der Waals surface area contributed by atoms with Crippen LogP contribution in [0, 0.1) is 0 Å². The highest BCUT2D eigenvalue weighted by molar-refractivity contribution is 7.16. The number of amides is 5. The summed E-state index contributed by atoms with van der Waals surface area (Å²) in [4.78, 5) is 92.4. The highest BCUT2D eigenvalue weighted by Gasteiger charge is 2.40. The maximum atomic E-state index is 13.4. The molecule has 0 saturated carbocycles. The Morgan fingerprint density at radius 2 is 1.85 bits per heavy atom. The van der Waals surface area contributed by atoms with Crippen LogP contribution in [0.5, 0.6) is 5.75 Å². The number of ketones is 1. The van der Waals surface area contributed by atoms with Crippen LogP contribution in [-0.2, 0) is 51.7 Å². The second-order valence-electron chi connectivity index (χ2n) is 16.7. The third kappa shape index (κ3) is 11.0. The van der Waals surface area contributed by atoms with Gasteiger partial charge in [0.2, 0.25) is 23.6 Å². The lowest BCUT2D eigenvalue weighted by atomic mass is 10.0.